The molecule has 0 fully saturated rings. The minimum absolute atomic E-state index is 0.218. The Balaban J connectivity index is 1.68. The SMILES string of the molecule is O=C(NCc1ccccc1Cl)/C(=C/c1ccco1)n1nnnc1-c1ccccc1. The third-order valence-corrected chi connectivity index (χ3v) is 4.55. The Morgan fingerprint density at radius 1 is 1.07 bits per heavy atom. The van der Waals surface area contributed by atoms with Gasteiger partial charge in [0, 0.05) is 23.2 Å². The predicted octanol–water partition coefficient (Wildman–Crippen LogP) is 3.90. The molecule has 0 aliphatic rings. The molecule has 0 aliphatic carbocycles. The van der Waals surface area contributed by atoms with E-state index in [4.69, 9.17) is 16.0 Å². The van der Waals surface area contributed by atoms with Gasteiger partial charge in [-0.1, -0.05) is 60.1 Å². The summed E-state index contributed by atoms with van der Waals surface area (Å²) in [7, 11) is 0. The first kappa shape index (κ1) is 18.6. The molecule has 2 heterocycles. The summed E-state index contributed by atoms with van der Waals surface area (Å²) in [6.45, 7) is 0.261. The molecule has 144 valence electrons. The van der Waals surface area contributed by atoms with Gasteiger partial charge in [0.1, 0.15) is 11.5 Å². The summed E-state index contributed by atoms with van der Waals surface area (Å²) in [6, 6.07) is 20.2. The van der Waals surface area contributed by atoms with Gasteiger partial charge in [-0.25, -0.2) is 0 Å². The summed E-state index contributed by atoms with van der Waals surface area (Å²) in [5.41, 5.74) is 1.80. The molecule has 29 heavy (non-hydrogen) atoms. The molecule has 8 heteroatoms. The number of nitrogens with one attached hydrogen (secondary N) is 1. The highest BCUT2D eigenvalue weighted by Crippen LogP contribution is 2.21. The van der Waals surface area contributed by atoms with Gasteiger partial charge in [0.05, 0.1) is 6.26 Å². The Hall–Kier alpha value is -3.71. The van der Waals surface area contributed by atoms with Crippen molar-refractivity contribution < 1.29 is 9.21 Å². The van der Waals surface area contributed by atoms with Crippen LogP contribution in [-0.2, 0) is 11.3 Å². The van der Waals surface area contributed by atoms with Crippen molar-refractivity contribution in [3.63, 3.8) is 0 Å². The summed E-state index contributed by atoms with van der Waals surface area (Å²) in [6.07, 6.45) is 3.12. The van der Waals surface area contributed by atoms with Crippen molar-refractivity contribution in [3.05, 3.63) is 89.3 Å². The maximum atomic E-state index is 13.1. The zero-order valence-corrected chi connectivity index (χ0v) is 16.0. The largest absolute Gasteiger partial charge is 0.465 e. The van der Waals surface area contributed by atoms with Crippen LogP contribution in [0.2, 0.25) is 5.02 Å². The first-order valence-electron chi connectivity index (χ1n) is 8.83. The number of furan rings is 1. The van der Waals surface area contributed by atoms with Crippen molar-refractivity contribution in [2.45, 2.75) is 6.54 Å². The van der Waals surface area contributed by atoms with Gasteiger partial charge < -0.3 is 9.73 Å². The number of tetrazole rings is 1. The zero-order chi connectivity index (χ0) is 20.1. The molecule has 1 amide bonds. The molecule has 0 spiro atoms. The number of aromatic nitrogens is 4. The van der Waals surface area contributed by atoms with Crippen LogP contribution in [0.15, 0.2) is 77.4 Å². The number of halogens is 1. The highest BCUT2D eigenvalue weighted by atomic mass is 35.5. The Kier molecular flexibility index (Phi) is 5.49. The van der Waals surface area contributed by atoms with Crippen LogP contribution in [0.4, 0.5) is 0 Å². The number of benzene rings is 2. The van der Waals surface area contributed by atoms with Gasteiger partial charge in [0.15, 0.2) is 5.82 Å². The van der Waals surface area contributed by atoms with E-state index >= 15 is 0 Å². The normalized spacial score (nSPS) is 11.4. The van der Waals surface area contributed by atoms with Crippen molar-refractivity contribution in [2.24, 2.45) is 0 Å². The number of hydrogen-bond donors (Lipinski definition) is 1. The van der Waals surface area contributed by atoms with Gasteiger partial charge in [-0.2, -0.15) is 4.68 Å². The van der Waals surface area contributed by atoms with Crippen LogP contribution in [-0.4, -0.2) is 26.1 Å². The lowest BCUT2D eigenvalue weighted by atomic mass is 10.2. The standard InChI is InChI=1S/C21H16ClN5O2/c22-18-11-5-4-9-16(18)14-23-21(28)19(13-17-10-6-12-29-17)27-20(24-25-26-27)15-7-2-1-3-8-15/h1-13H,14H2,(H,23,28)/b19-13-. The Bertz CT molecular complexity index is 1140. The van der Waals surface area contributed by atoms with Crippen molar-refractivity contribution in [3.8, 4) is 11.4 Å². The molecule has 0 unspecified atom stereocenters. The first-order valence-corrected chi connectivity index (χ1v) is 9.21. The van der Waals surface area contributed by atoms with Crippen LogP contribution < -0.4 is 5.32 Å². The lowest BCUT2D eigenvalue weighted by Crippen LogP contribution is -2.27. The summed E-state index contributed by atoms with van der Waals surface area (Å²) >= 11 is 6.19. The molecule has 2 aromatic heterocycles. The fraction of sp³-hybridized carbons (Fsp3) is 0.0476. The molecular weight excluding hydrogens is 390 g/mol. The number of nitrogens with zero attached hydrogens (tertiary/aromatic N) is 4. The maximum absolute atomic E-state index is 13.1. The van der Waals surface area contributed by atoms with Gasteiger partial charge in [-0.3, -0.25) is 4.79 Å². The summed E-state index contributed by atoms with van der Waals surface area (Å²) in [5, 5.41) is 15.3. The van der Waals surface area contributed by atoms with Crippen molar-refractivity contribution in [1.29, 1.82) is 0 Å². The molecule has 4 rings (SSSR count). The molecule has 0 atom stereocenters. The van der Waals surface area contributed by atoms with Crippen LogP contribution in [0, 0.1) is 0 Å². The van der Waals surface area contributed by atoms with E-state index in [-0.39, 0.29) is 18.1 Å². The van der Waals surface area contributed by atoms with Crippen LogP contribution in [0.3, 0.4) is 0 Å². The van der Waals surface area contributed by atoms with E-state index in [1.165, 1.54) is 10.9 Å². The predicted molar refractivity (Wildman–Crippen MR) is 109 cm³/mol. The molecule has 0 aliphatic heterocycles. The molecule has 0 radical (unpaired) electrons. The second kappa shape index (κ2) is 8.53. The highest BCUT2D eigenvalue weighted by Gasteiger charge is 2.19. The van der Waals surface area contributed by atoms with E-state index in [2.05, 4.69) is 20.8 Å². The van der Waals surface area contributed by atoms with Gasteiger partial charge in [-0.05, 0) is 34.2 Å². The zero-order valence-electron chi connectivity index (χ0n) is 15.2. The van der Waals surface area contributed by atoms with E-state index in [1.54, 1.807) is 24.3 Å². The quantitative estimate of drug-likeness (QED) is 0.492. The van der Waals surface area contributed by atoms with Gasteiger partial charge in [0.25, 0.3) is 5.91 Å². The lowest BCUT2D eigenvalue weighted by molar-refractivity contribution is -0.116. The third kappa shape index (κ3) is 4.25. The van der Waals surface area contributed by atoms with E-state index < -0.39 is 0 Å². The molecule has 7 nitrogen and oxygen atoms in total. The number of rotatable bonds is 6. The molecule has 0 bridgehead atoms. The van der Waals surface area contributed by atoms with E-state index in [0.29, 0.717) is 16.6 Å². The minimum Gasteiger partial charge on any atom is -0.465 e. The average Bonchev–Trinajstić information content (AvgIpc) is 3.44. The number of amides is 1. The van der Waals surface area contributed by atoms with Crippen LogP contribution >= 0.6 is 11.6 Å². The molecular formula is C21H16ClN5O2. The number of carbonyl (C=O) groups excluding carboxylic acids is 1. The molecule has 0 saturated carbocycles. The number of hydrogen-bond acceptors (Lipinski definition) is 5. The van der Waals surface area contributed by atoms with Crippen LogP contribution in [0.25, 0.3) is 23.2 Å². The fourth-order valence-corrected chi connectivity index (χ4v) is 2.96. The smallest absolute Gasteiger partial charge is 0.270 e. The van der Waals surface area contributed by atoms with Crippen molar-refractivity contribution in [2.75, 3.05) is 0 Å². The minimum atomic E-state index is -0.370. The molecule has 1 N–H and O–H groups in total. The van der Waals surface area contributed by atoms with Crippen LogP contribution in [0.5, 0.6) is 0 Å². The second-order valence-electron chi connectivity index (χ2n) is 6.10. The summed E-state index contributed by atoms with van der Waals surface area (Å²) in [4.78, 5) is 13.1. The molecule has 4 aromatic rings. The lowest BCUT2D eigenvalue weighted by Gasteiger charge is -2.11. The Morgan fingerprint density at radius 2 is 1.86 bits per heavy atom. The average molecular weight is 406 g/mol. The van der Waals surface area contributed by atoms with E-state index in [0.717, 1.165) is 11.1 Å². The maximum Gasteiger partial charge on any atom is 0.270 e. The second-order valence-corrected chi connectivity index (χ2v) is 6.51. The van der Waals surface area contributed by atoms with Gasteiger partial charge >= 0.3 is 0 Å². The monoisotopic (exact) mass is 405 g/mol. The van der Waals surface area contributed by atoms with Crippen molar-refractivity contribution >= 4 is 29.3 Å². The highest BCUT2D eigenvalue weighted by molar-refractivity contribution is 6.31. The van der Waals surface area contributed by atoms with E-state index in [9.17, 15) is 4.79 Å². The van der Waals surface area contributed by atoms with Gasteiger partial charge in [-0.15, -0.1) is 5.10 Å². The fourth-order valence-electron chi connectivity index (χ4n) is 2.76. The Morgan fingerprint density at radius 3 is 2.62 bits per heavy atom. The Labute approximate surface area is 171 Å². The van der Waals surface area contributed by atoms with Crippen molar-refractivity contribution in [1.82, 2.24) is 25.5 Å². The third-order valence-electron chi connectivity index (χ3n) is 4.18. The van der Waals surface area contributed by atoms with E-state index in [1.807, 2.05) is 48.5 Å². The summed E-state index contributed by atoms with van der Waals surface area (Å²) < 4.78 is 6.77. The van der Waals surface area contributed by atoms with Crippen LogP contribution in [0.1, 0.15) is 11.3 Å². The molecule has 0 saturated heterocycles. The molecule has 2 aromatic carbocycles. The summed E-state index contributed by atoms with van der Waals surface area (Å²) in [5.74, 6) is 0.574. The number of carbonyl (C=O) groups is 1. The topological polar surface area (TPSA) is 85.8 Å². The van der Waals surface area contributed by atoms with Gasteiger partial charge in [0.2, 0.25) is 0 Å². The first-order chi connectivity index (χ1) is 14.2.